The highest BCUT2D eigenvalue weighted by Gasteiger charge is 2.26. The number of hydrogen-bond acceptors (Lipinski definition) is 4. The molecular formula is C20H21ClN2O4S. The van der Waals surface area contributed by atoms with Crippen molar-refractivity contribution in [3.63, 3.8) is 0 Å². The smallest absolute Gasteiger partial charge is 0.231 e. The van der Waals surface area contributed by atoms with Gasteiger partial charge in [-0.3, -0.25) is 9.59 Å². The van der Waals surface area contributed by atoms with Gasteiger partial charge in [0.05, 0.1) is 17.1 Å². The fraction of sp³-hybridized carbons (Fsp3) is 0.300. The molecule has 0 aromatic heterocycles. The molecule has 1 heterocycles. The van der Waals surface area contributed by atoms with Crippen LogP contribution in [-0.2, 0) is 32.3 Å². The summed E-state index contributed by atoms with van der Waals surface area (Å²) in [5.41, 5.74) is 2.46. The number of sulfone groups is 1. The number of fused-ring (bicyclic) bond motifs is 1. The number of likely N-dealkylation sites (N-methyl/N-ethyl adjacent to an activating group) is 1. The molecule has 28 heavy (non-hydrogen) atoms. The van der Waals surface area contributed by atoms with E-state index in [2.05, 4.69) is 5.32 Å². The van der Waals surface area contributed by atoms with E-state index in [1.165, 1.54) is 17.0 Å². The van der Waals surface area contributed by atoms with Crippen LogP contribution in [0.15, 0.2) is 47.4 Å². The first-order valence-electron chi connectivity index (χ1n) is 8.89. The average Bonchev–Trinajstić information content (AvgIpc) is 2.95. The molecule has 8 heteroatoms. The summed E-state index contributed by atoms with van der Waals surface area (Å²) in [4.78, 5) is 25.4. The molecule has 0 fully saturated rings. The summed E-state index contributed by atoms with van der Waals surface area (Å²) in [5.74, 6) is -0.652. The maximum atomic E-state index is 12.5. The number of benzene rings is 2. The van der Waals surface area contributed by atoms with Gasteiger partial charge in [0.1, 0.15) is 0 Å². The van der Waals surface area contributed by atoms with E-state index in [1.807, 2.05) is 12.1 Å². The minimum atomic E-state index is -3.60. The molecule has 0 unspecified atom stereocenters. The van der Waals surface area contributed by atoms with Crippen LogP contribution >= 0.6 is 11.6 Å². The van der Waals surface area contributed by atoms with Gasteiger partial charge in [-0.2, -0.15) is 0 Å². The Balaban J connectivity index is 1.52. The third-order valence-electron chi connectivity index (χ3n) is 4.73. The summed E-state index contributed by atoms with van der Waals surface area (Å²) in [7, 11) is -1.94. The van der Waals surface area contributed by atoms with Crippen LogP contribution in [0.1, 0.15) is 17.5 Å². The number of rotatable bonds is 7. The Morgan fingerprint density at radius 2 is 1.89 bits per heavy atom. The van der Waals surface area contributed by atoms with Crippen LogP contribution in [0.4, 0.5) is 5.69 Å². The fourth-order valence-corrected chi connectivity index (χ4v) is 4.48. The molecule has 1 aliphatic heterocycles. The van der Waals surface area contributed by atoms with Gasteiger partial charge in [-0.05, 0) is 47.9 Å². The molecule has 0 bridgehead atoms. The van der Waals surface area contributed by atoms with Gasteiger partial charge < -0.3 is 10.2 Å². The summed E-state index contributed by atoms with van der Waals surface area (Å²) < 4.78 is 25.1. The number of nitrogens with zero attached hydrogens (tertiary/aromatic N) is 1. The SMILES string of the molecule is CN1C(=O)Cc2cc(S(=O)(=O)CCC(=O)NCCc3ccc(Cl)cc3)ccc21. The molecule has 0 atom stereocenters. The van der Waals surface area contributed by atoms with Crippen LogP contribution in [0.2, 0.25) is 5.02 Å². The van der Waals surface area contributed by atoms with Crippen molar-refractivity contribution in [2.75, 3.05) is 24.2 Å². The minimum Gasteiger partial charge on any atom is -0.356 e. The molecule has 0 aliphatic carbocycles. The predicted molar refractivity (Wildman–Crippen MR) is 108 cm³/mol. The zero-order valence-corrected chi connectivity index (χ0v) is 17.0. The first-order valence-corrected chi connectivity index (χ1v) is 10.9. The summed E-state index contributed by atoms with van der Waals surface area (Å²) >= 11 is 5.83. The highest BCUT2D eigenvalue weighted by Crippen LogP contribution is 2.30. The molecular weight excluding hydrogens is 400 g/mol. The topological polar surface area (TPSA) is 83.6 Å². The molecule has 0 radical (unpaired) electrons. The van der Waals surface area contributed by atoms with Gasteiger partial charge in [-0.1, -0.05) is 23.7 Å². The van der Waals surface area contributed by atoms with E-state index in [0.717, 1.165) is 11.3 Å². The van der Waals surface area contributed by atoms with Crippen LogP contribution in [-0.4, -0.2) is 39.6 Å². The van der Waals surface area contributed by atoms with Gasteiger partial charge in [-0.15, -0.1) is 0 Å². The molecule has 1 N–H and O–H groups in total. The number of nitrogens with one attached hydrogen (secondary N) is 1. The zero-order chi connectivity index (χ0) is 20.3. The van der Waals surface area contributed by atoms with Gasteiger partial charge >= 0.3 is 0 Å². The van der Waals surface area contributed by atoms with E-state index in [-0.39, 0.29) is 35.3 Å². The molecule has 2 aromatic carbocycles. The molecule has 0 spiro atoms. The lowest BCUT2D eigenvalue weighted by atomic mass is 10.1. The monoisotopic (exact) mass is 420 g/mol. The molecule has 148 valence electrons. The van der Waals surface area contributed by atoms with E-state index in [4.69, 9.17) is 11.6 Å². The molecule has 2 amide bonds. The molecule has 3 rings (SSSR count). The van der Waals surface area contributed by atoms with Crippen molar-refractivity contribution in [3.8, 4) is 0 Å². The Morgan fingerprint density at radius 1 is 1.18 bits per heavy atom. The minimum absolute atomic E-state index is 0.0652. The number of halogens is 1. The van der Waals surface area contributed by atoms with Crippen molar-refractivity contribution >= 4 is 38.9 Å². The Bertz CT molecular complexity index is 1000. The number of carbonyl (C=O) groups excluding carboxylic acids is 2. The highest BCUT2D eigenvalue weighted by molar-refractivity contribution is 7.91. The summed E-state index contributed by atoms with van der Waals surface area (Å²) in [6.07, 6.45) is 0.723. The average molecular weight is 421 g/mol. The van der Waals surface area contributed by atoms with Crippen LogP contribution in [0, 0.1) is 0 Å². The number of amides is 2. The van der Waals surface area contributed by atoms with Gasteiger partial charge in [0.15, 0.2) is 9.84 Å². The van der Waals surface area contributed by atoms with E-state index in [0.29, 0.717) is 23.6 Å². The van der Waals surface area contributed by atoms with E-state index >= 15 is 0 Å². The van der Waals surface area contributed by atoms with Gasteiger partial charge in [0.25, 0.3) is 0 Å². The summed E-state index contributed by atoms with van der Waals surface area (Å²) in [5, 5.41) is 3.39. The standard InChI is InChI=1S/C20H21ClN2O4S/c1-23-18-7-6-17(12-15(18)13-20(23)25)28(26,27)11-9-19(24)22-10-8-14-2-4-16(21)5-3-14/h2-7,12H,8-11,13H2,1H3,(H,22,24). The lowest BCUT2D eigenvalue weighted by molar-refractivity contribution is -0.120. The second-order valence-corrected chi connectivity index (χ2v) is 9.26. The van der Waals surface area contributed by atoms with Crippen LogP contribution < -0.4 is 10.2 Å². The van der Waals surface area contributed by atoms with Gasteiger partial charge in [0.2, 0.25) is 11.8 Å². The molecule has 2 aromatic rings. The van der Waals surface area contributed by atoms with Crippen molar-refractivity contribution in [2.45, 2.75) is 24.2 Å². The number of anilines is 1. The maximum Gasteiger partial charge on any atom is 0.231 e. The van der Waals surface area contributed by atoms with Crippen LogP contribution in [0.3, 0.4) is 0 Å². The predicted octanol–water partition coefficient (Wildman–Crippen LogP) is 2.38. The quantitative estimate of drug-likeness (QED) is 0.745. The first kappa shape index (κ1) is 20.4. The third-order valence-corrected chi connectivity index (χ3v) is 6.70. The summed E-state index contributed by atoms with van der Waals surface area (Å²) in [6.45, 7) is 0.424. The highest BCUT2D eigenvalue weighted by atomic mass is 35.5. The second-order valence-electron chi connectivity index (χ2n) is 6.72. The maximum absolute atomic E-state index is 12.5. The van der Waals surface area contributed by atoms with Crippen molar-refractivity contribution < 1.29 is 18.0 Å². The van der Waals surface area contributed by atoms with Crippen LogP contribution in [0.5, 0.6) is 0 Å². The molecule has 0 saturated heterocycles. The summed E-state index contributed by atoms with van der Waals surface area (Å²) in [6, 6.07) is 12.0. The van der Waals surface area contributed by atoms with Crippen molar-refractivity contribution in [3.05, 3.63) is 58.6 Å². The zero-order valence-electron chi connectivity index (χ0n) is 15.4. The lowest BCUT2D eigenvalue weighted by Crippen LogP contribution is -2.27. The van der Waals surface area contributed by atoms with E-state index in [9.17, 15) is 18.0 Å². The Hall–Kier alpha value is -2.38. The molecule has 1 aliphatic rings. The van der Waals surface area contributed by atoms with Crippen molar-refractivity contribution in [1.82, 2.24) is 5.32 Å². The largest absolute Gasteiger partial charge is 0.356 e. The van der Waals surface area contributed by atoms with Gasteiger partial charge in [-0.25, -0.2) is 8.42 Å². The van der Waals surface area contributed by atoms with E-state index in [1.54, 1.807) is 25.2 Å². The normalized spacial score (nSPS) is 13.5. The number of hydrogen-bond donors (Lipinski definition) is 1. The molecule has 6 nitrogen and oxygen atoms in total. The fourth-order valence-electron chi connectivity index (χ4n) is 3.07. The van der Waals surface area contributed by atoms with Crippen LogP contribution in [0.25, 0.3) is 0 Å². The van der Waals surface area contributed by atoms with E-state index < -0.39 is 9.84 Å². The Morgan fingerprint density at radius 3 is 2.61 bits per heavy atom. The number of carbonyl (C=O) groups is 2. The van der Waals surface area contributed by atoms with Crippen molar-refractivity contribution in [2.24, 2.45) is 0 Å². The Kier molecular flexibility index (Phi) is 6.05. The Labute approximate surface area is 169 Å². The first-order chi connectivity index (χ1) is 13.3. The van der Waals surface area contributed by atoms with Crippen molar-refractivity contribution in [1.29, 1.82) is 0 Å². The third kappa shape index (κ3) is 4.72. The molecule has 0 saturated carbocycles. The lowest BCUT2D eigenvalue weighted by Gasteiger charge is -2.11. The second kappa shape index (κ2) is 8.32. The van der Waals surface area contributed by atoms with Gasteiger partial charge in [0, 0.05) is 30.7 Å².